The van der Waals surface area contributed by atoms with E-state index in [9.17, 15) is 54.7 Å². The van der Waals surface area contributed by atoms with Crippen molar-refractivity contribution in [3.8, 4) is 0 Å². The van der Waals surface area contributed by atoms with Crippen molar-refractivity contribution in [2.24, 2.45) is 0 Å². The van der Waals surface area contributed by atoms with Gasteiger partial charge in [0.25, 0.3) is 60.7 Å². The minimum atomic E-state index is -5.14. The molecule has 226 valence electrons. The van der Waals surface area contributed by atoms with Gasteiger partial charge in [-0.2, -0.15) is 50.5 Å². The van der Waals surface area contributed by atoms with Gasteiger partial charge in [0.15, 0.2) is 0 Å². The molecule has 0 saturated heterocycles. The molecule has 0 fully saturated rings. The molecule has 0 radical (unpaired) electrons. The second-order valence-corrected chi connectivity index (χ2v) is 14.6. The van der Waals surface area contributed by atoms with Crippen LogP contribution in [0.3, 0.4) is 0 Å². The van der Waals surface area contributed by atoms with Gasteiger partial charge >= 0.3 is 26.8 Å². The summed E-state index contributed by atoms with van der Waals surface area (Å²) in [6, 6.07) is 0. The molecule has 0 amide bonds. The van der Waals surface area contributed by atoms with Crippen molar-refractivity contribution in [2.45, 2.75) is 0 Å². The van der Waals surface area contributed by atoms with Crippen LogP contribution in [-0.4, -0.2) is 125 Å². The quantitative estimate of drug-likeness (QED) is 0.0669. The first-order valence-electron chi connectivity index (χ1n) is 6.30. The first-order valence-corrected chi connectivity index (χ1v) is 18.9. The fraction of sp³-hybridized carbons (Fsp3) is 1.00. The van der Waals surface area contributed by atoms with Gasteiger partial charge in [0.1, 0.15) is 0 Å². The zero-order chi connectivity index (χ0) is 31.5. The molecule has 0 rings (SSSR count). The maximum atomic E-state index is 10.4. The van der Waals surface area contributed by atoms with Crippen LogP contribution in [0.4, 0.5) is 4.20 Å². The van der Waals surface area contributed by atoms with E-state index in [-0.39, 0.29) is 20.3 Å². The van der Waals surface area contributed by atoms with Gasteiger partial charge in [0.05, 0.1) is 37.5 Å². The Morgan fingerprint density at radius 2 is 0.444 bits per heavy atom. The van der Waals surface area contributed by atoms with Crippen LogP contribution in [0.25, 0.3) is 0 Å². The Balaban J connectivity index is -0.0000000350. The Bertz CT molecular complexity index is 941. The van der Waals surface area contributed by atoms with Gasteiger partial charge in [0, 0.05) is 0 Å². The van der Waals surface area contributed by atoms with Crippen molar-refractivity contribution in [1.29, 1.82) is 0 Å². The average molecular weight is 685 g/mol. The van der Waals surface area contributed by atoms with Crippen molar-refractivity contribution in [3.63, 3.8) is 0 Å². The normalized spacial score (nSPS) is 11.3. The molecule has 0 aliphatic heterocycles. The Labute approximate surface area is 221 Å². The summed E-state index contributed by atoms with van der Waals surface area (Å²) < 4.78 is 174. The third kappa shape index (κ3) is 1990000. The second kappa shape index (κ2) is 23.1. The summed E-state index contributed by atoms with van der Waals surface area (Å²) in [4.78, 5) is 13.9. The van der Waals surface area contributed by atoms with Gasteiger partial charge in [-0.25, -0.2) is 4.57 Å². The molecule has 21 nitrogen and oxygen atoms in total. The smallest absolute Gasteiger partial charge is 1.00 e. The summed E-state index contributed by atoms with van der Waals surface area (Å²) in [5, 5.41) is 0. The summed E-state index contributed by atoms with van der Waals surface area (Å²) in [5.74, 6) is 0. The predicted molar refractivity (Wildman–Crippen MR) is 119 cm³/mol. The van der Waals surface area contributed by atoms with Crippen LogP contribution >= 0.6 is 7.91 Å². The van der Waals surface area contributed by atoms with Gasteiger partial charge in [-0.15, -0.1) is 4.20 Å². The summed E-state index contributed by atoms with van der Waals surface area (Å²) >= 11 is 0. The van der Waals surface area contributed by atoms with Crippen LogP contribution in [0.5, 0.6) is 0 Å². The summed E-state index contributed by atoms with van der Waals surface area (Å²) in [6.45, 7) is 0. The first kappa shape index (κ1) is 56.4. The van der Waals surface area contributed by atoms with Gasteiger partial charge < -0.3 is 1.43 Å². The number of rotatable bonds is 0. The van der Waals surface area contributed by atoms with E-state index in [0.717, 1.165) is 0 Å². The van der Waals surface area contributed by atoms with Gasteiger partial charge in [-0.05, 0) is 0 Å². The molecular weight excluding hydrogens is 657 g/mol. The molecule has 0 saturated carbocycles. The molecule has 0 unspecified atom stereocenters. The Hall–Kier alpha value is 0.137. The standard InChI is InChI=1S/6CH4O3S.FH2O3P.Li.H/c7*1-5(2,3)4;;/h6*1H3,(H,2,3,4);(H2,2,3,4);;/q;;;;;;;+1;-1. The average Bonchev–Trinajstić information content (AvgIpc) is 2.06. The van der Waals surface area contributed by atoms with Gasteiger partial charge in [0.2, 0.25) is 0 Å². The van der Waals surface area contributed by atoms with Crippen LogP contribution < -0.4 is 18.9 Å². The molecule has 0 atom stereocenters. The molecule has 0 aromatic heterocycles. The van der Waals surface area contributed by atoms with E-state index in [1.54, 1.807) is 0 Å². The van der Waals surface area contributed by atoms with E-state index in [2.05, 4.69) is 0 Å². The molecule has 0 spiro atoms. The zero-order valence-corrected chi connectivity index (χ0v) is 25.0. The molecule has 0 aromatic carbocycles. The maximum Gasteiger partial charge on any atom is 1.00 e. The van der Waals surface area contributed by atoms with E-state index in [1.807, 2.05) is 0 Å². The van der Waals surface area contributed by atoms with Gasteiger partial charge in [-0.1, -0.05) is 0 Å². The third-order valence-corrected chi connectivity index (χ3v) is 0. The van der Waals surface area contributed by atoms with Crippen molar-refractivity contribution in [2.75, 3.05) is 37.5 Å². The number of hydrogen-bond acceptors (Lipinski definition) is 13. The Morgan fingerprint density at radius 3 is 0.444 bits per heavy atom. The molecule has 8 N–H and O–H groups in total. The summed E-state index contributed by atoms with van der Waals surface area (Å²) in [5.41, 5.74) is 0. The summed E-state index contributed by atoms with van der Waals surface area (Å²) in [7, 11) is -27.1. The molecule has 0 aliphatic carbocycles. The SMILES string of the molecule is CS(=O)(=O)O.CS(=O)(=O)O.CS(=O)(=O)O.CS(=O)(=O)O.CS(=O)(=O)O.CS(=O)(=O)O.O=P(O)(O)F.[H-].[Li+]. The fourth-order valence-electron chi connectivity index (χ4n) is 0. The third-order valence-electron chi connectivity index (χ3n) is 0. The Kier molecular flexibility index (Phi) is 36.1. The van der Waals surface area contributed by atoms with Crippen molar-refractivity contribution < 1.29 is 117 Å². The van der Waals surface area contributed by atoms with E-state index in [4.69, 9.17) is 41.7 Å². The molecule has 0 heterocycles. The molecule has 30 heteroatoms. The van der Waals surface area contributed by atoms with E-state index >= 15 is 0 Å². The monoisotopic (exact) mass is 684 g/mol. The predicted octanol–water partition coefficient (Wildman–Crippen LogP) is -5.81. The van der Waals surface area contributed by atoms with Crippen molar-refractivity contribution in [1.82, 2.24) is 0 Å². The van der Waals surface area contributed by atoms with Crippen LogP contribution in [0.15, 0.2) is 0 Å². The van der Waals surface area contributed by atoms with E-state index in [1.165, 1.54) is 0 Å². The molecular formula is C6H27FLiO21PS6. The topological polar surface area (TPSA) is 384 Å². The fourth-order valence-corrected chi connectivity index (χ4v) is 0. The maximum absolute atomic E-state index is 10.4. The van der Waals surface area contributed by atoms with E-state index in [0.29, 0.717) is 37.5 Å². The summed E-state index contributed by atoms with van der Waals surface area (Å²) in [6.07, 6.45) is 4.29. The zero-order valence-electron chi connectivity index (χ0n) is 20.2. The van der Waals surface area contributed by atoms with Crippen LogP contribution in [0, 0.1) is 0 Å². The van der Waals surface area contributed by atoms with E-state index < -0.39 is 68.6 Å². The Morgan fingerprint density at radius 1 is 0.444 bits per heavy atom. The van der Waals surface area contributed by atoms with Crippen LogP contribution in [0.2, 0.25) is 0 Å². The van der Waals surface area contributed by atoms with Crippen molar-refractivity contribution in [3.05, 3.63) is 0 Å². The van der Waals surface area contributed by atoms with Crippen LogP contribution in [-0.2, 0) is 65.3 Å². The molecule has 36 heavy (non-hydrogen) atoms. The number of hydrogen-bond donors (Lipinski definition) is 8. The molecule has 0 bridgehead atoms. The van der Waals surface area contributed by atoms with Crippen LogP contribution in [0.1, 0.15) is 1.43 Å². The molecule has 0 aromatic rings. The van der Waals surface area contributed by atoms with Gasteiger partial charge in [-0.3, -0.25) is 37.1 Å². The first-order chi connectivity index (χ1) is 14.0. The van der Waals surface area contributed by atoms with Crippen molar-refractivity contribution >= 4 is 68.6 Å². The molecule has 0 aliphatic rings. The largest absolute Gasteiger partial charge is 1.00 e. The minimum absolute atomic E-state index is 0. The minimum Gasteiger partial charge on any atom is -1.00 e. The second-order valence-electron chi connectivity index (χ2n) is 4.87. The number of halogens is 1.